The van der Waals surface area contributed by atoms with Crippen LogP contribution >= 0.6 is 11.8 Å². The number of carbonyl (C=O) groups excluding carboxylic acids is 2. The number of hydrogen-bond acceptors (Lipinski definition) is 4. The second-order valence-corrected chi connectivity index (χ2v) is 6.15. The van der Waals surface area contributed by atoms with Gasteiger partial charge in [-0.1, -0.05) is 6.92 Å². The van der Waals surface area contributed by atoms with Crippen molar-refractivity contribution in [2.45, 2.75) is 32.2 Å². The molecule has 1 heterocycles. The van der Waals surface area contributed by atoms with E-state index in [1.54, 1.807) is 18.7 Å². The van der Waals surface area contributed by atoms with E-state index in [4.69, 9.17) is 4.74 Å². The highest BCUT2D eigenvalue weighted by molar-refractivity contribution is 7.98. The third-order valence-corrected chi connectivity index (χ3v) is 4.18. The zero-order valence-electron chi connectivity index (χ0n) is 13.0. The van der Waals surface area contributed by atoms with Gasteiger partial charge in [0.1, 0.15) is 11.8 Å². The molecule has 0 saturated carbocycles. The molecule has 5 nitrogen and oxygen atoms in total. The monoisotopic (exact) mass is 322 g/mol. The highest BCUT2D eigenvalue weighted by atomic mass is 32.2. The van der Waals surface area contributed by atoms with Crippen LogP contribution in [-0.4, -0.2) is 36.5 Å². The van der Waals surface area contributed by atoms with Gasteiger partial charge in [-0.25, -0.2) is 0 Å². The van der Waals surface area contributed by atoms with E-state index >= 15 is 0 Å². The standard InChI is InChI=1S/C16H22N2O3S/c1-3-15(19)18-13(7-9-22-2)16(20)17-12-4-5-14-11(10-12)6-8-21-14/h4-5,10,13H,3,6-9H2,1-2H3,(H,17,20)(H,18,19)/t13-/m0/s1. The van der Waals surface area contributed by atoms with Crippen molar-refractivity contribution >= 4 is 29.3 Å². The normalized spacial score (nSPS) is 13.9. The lowest BCUT2D eigenvalue weighted by molar-refractivity contribution is -0.126. The van der Waals surface area contributed by atoms with Crippen LogP contribution in [0.25, 0.3) is 0 Å². The molecule has 0 fully saturated rings. The van der Waals surface area contributed by atoms with Gasteiger partial charge in [0.05, 0.1) is 6.61 Å². The number of anilines is 1. The fourth-order valence-corrected chi connectivity index (χ4v) is 2.77. The highest BCUT2D eigenvalue weighted by Crippen LogP contribution is 2.27. The number of nitrogens with one attached hydrogen (secondary N) is 2. The quantitative estimate of drug-likeness (QED) is 0.808. The zero-order valence-corrected chi connectivity index (χ0v) is 13.8. The lowest BCUT2D eigenvalue weighted by atomic mass is 10.1. The van der Waals surface area contributed by atoms with Crippen LogP contribution in [0.15, 0.2) is 18.2 Å². The molecule has 0 saturated heterocycles. The van der Waals surface area contributed by atoms with Gasteiger partial charge in [0.15, 0.2) is 0 Å². The second-order valence-electron chi connectivity index (χ2n) is 5.17. The molecule has 0 radical (unpaired) electrons. The molecular formula is C16H22N2O3S. The summed E-state index contributed by atoms with van der Waals surface area (Å²) < 4.78 is 5.45. The lowest BCUT2D eigenvalue weighted by Crippen LogP contribution is -2.44. The Morgan fingerprint density at radius 3 is 2.95 bits per heavy atom. The number of carbonyl (C=O) groups is 2. The number of thioether (sulfide) groups is 1. The van der Waals surface area contributed by atoms with Crippen LogP contribution in [0.4, 0.5) is 5.69 Å². The molecule has 2 N–H and O–H groups in total. The minimum atomic E-state index is -0.496. The van der Waals surface area contributed by atoms with Gasteiger partial charge in [-0.2, -0.15) is 11.8 Å². The van der Waals surface area contributed by atoms with Gasteiger partial charge in [0.25, 0.3) is 0 Å². The molecule has 0 unspecified atom stereocenters. The highest BCUT2D eigenvalue weighted by Gasteiger charge is 2.20. The summed E-state index contributed by atoms with van der Waals surface area (Å²) in [7, 11) is 0. The number of ether oxygens (including phenoxy) is 1. The van der Waals surface area contributed by atoms with Crippen LogP contribution in [0.5, 0.6) is 5.75 Å². The summed E-state index contributed by atoms with van der Waals surface area (Å²) in [6.07, 6.45) is 3.84. The molecule has 0 aromatic heterocycles. The van der Waals surface area contributed by atoms with E-state index in [1.807, 2.05) is 24.5 Å². The molecule has 22 heavy (non-hydrogen) atoms. The van der Waals surface area contributed by atoms with Crippen LogP contribution < -0.4 is 15.4 Å². The van der Waals surface area contributed by atoms with Crippen molar-refractivity contribution in [3.8, 4) is 5.75 Å². The van der Waals surface area contributed by atoms with Crippen LogP contribution in [0.1, 0.15) is 25.3 Å². The van der Waals surface area contributed by atoms with E-state index in [2.05, 4.69) is 10.6 Å². The van der Waals surface area contributed by atoms with Gasteiger partial charge in [-0.15, -0.1) is 0 Å². The smallest absolute Gasteiger partial charge is 0.246 e. The van der Waals surface area contributed by atoms with Gasteiger partial charge in [-0.05, 0) is 42.2 Å². The maximum Gasteiger partial charge on any atom is 0.246 e. The summed E-state index contributed by atoms with van der Waals surface area (Å²) in [6.45, 7) is 2.47. The summed E-state index contributed by atoms with van der Waals surface area (Å²) in [4.78, 5) is 24.0. The van der Waals surface area contributed by atoms with Gasteiger partial charge < -0.3 is 15.4 Å². The Balaban J connectivity index is 2.01. The van der Waals surface area contributed by atoms with Crippen LogP contribution in [0, 0.1) is 0 Å². The van der Waals surface area contributed by atoms with Crippen LogP contribution in [-0.2, 0) is 16.0 Å². The average Bonchev–Trinajstić information content (AvgIpc) is 2.98. The van der Waals surface area contributed by atoms with Crippen molar-refractivity contribution in [1.29, 1.82) is 0 Å². The van der Waals surface area contributed by atoms with Crippen molar-refractivity contribution in [3.63, 3.8) is 0 Å². The number of benzene rings is 1. The molecule has 0 spiro atoms. The van der Waals surface area contributed by atoms with E-state index in [0.717, 1.165) is 29.2 Å². The first kappa shape index (κ1) is 16.7. The van der Waals surface area contributed by atoms with Crippen molar-refractivity contribution < 1.29 is 14.3 Å². The predicted octanol–water partition coefficient (Wildman–Crippen LogP) is 2.21. The molecule has 1 aromatic carbocycles. The Bertz CT molecular complexity index is 548. The first-order valence-electron chi connectivity index (χ1n) is 7.49. The molecule has 1 aliphatic rings. The summed E-state index contributed by atoms with van der Waals surface area (Å²) in [5, 5.41) is 5.68. The van der Waals surface area contributed by atoms with E-state index in [9.17, 15) is 9.59 Å². The summed E-state index contributed by atoms with van der Waals surface area (Å²) in [5.41, 5.74) is 1.85. The first-order valence-corrected chi connectivity index (χ1v) is 8.88. The zero-order chi connectivity index (χ0) is 15.9. The molecule has 1 aromatic rings. The Hall–Kier alpha value is -1.69. The van der Waals surface area contributed by atoms with Crippen LogP contribution in [0.3, 0.4) is 0 Å². The average molecular weight is 322 g/mol. The molecular weight excluding hydrogens is 300 g/mol. The molecule has 6 heteroatoms. The molecule has 2 rings (SSSR count). The van der Waals surface area contributed by atoms with Gasteiger partial charge in [0, 0.05) is 18.5 Å². The Morgan fingerprint density at radius 2 is 2.23 bits per heavy atom. The molecule has 120 valence electrons. The maximum atomic E-state index is 12.4. The van der Waals surface area contributed by atoms with Crippen molar-refractivity contribution in [2.24, 2.45) is 0 Å². The minimum Gasteiger partial charge on any atom is -0.493 e. The number of rotatable bonds is 7. The van der Waals surface area contributed by atoms with Gasteiger partial charge in [0.2, 0.25) is 11.8 Å². The Kier molecular flexibility index (Phi) is 6.12. The fourth-order valence-electron chi connectivity index (χ4n) is 2.29. The van der Waals surface area contributed by atoms with Crippen LogP contribution in [0.2, 0.25) is 0 Å². The number of amides is 2. The number of hydrogen-bond donors (Lipinski definition) is 2. The van der Waals surface area contributed by atoms with E-state index < -0.39 is 6.04 Å². The van der Waals surface area contributed by atoms with E-state index in [1.165, 1.54) is 0 Å². The topological polar surface area (TPSA) is 67.4 Å². The molecule has 0 bridgehead atoms. The summed E-state index contributed by atoms with van der Waals surface area (Å²) in [6, 6.07) is 5.15. The SMILES string of the molecule is CCC(=O)N[C@@H](CCSC)C(=O)Nc1ccc2c(c1)CCO2. The van der Waals surface area contributed by atoms with Gasteiger partial charge in [-0.3, -0.25) is 9.59 Å². The Labute approximate surface area is 135 Å². The molecule has 0 aliphatic carbocycles. The van der Waals surface area contributed by atoms with Gasteiger partial charge >= 0.3 is 0 Å². The maximum absolute atomic E-state index is 12.4. The van der Waals surface area contributed by atoms with E-state index in [-0.39, 0.29) is 11.8 Å². The Morgan fingerprint density at radius 1 is 1.41 bits per heavy atom. The van der Waals surface area contributed by atoms with E-state index in [0.29, 0.717) is 19.4 Å². The first-order chi connectivity index (χ1) is 10.6. The van der Waals surface area contributed by atoms with Crippen molar-refractivity contribution in [1.82, 2.24) is 5.32 Å². The third-order valence-electron chi connectivity index (χ3n) is 3.54. The third kappa shape index (κ3) is 4.40. The lowest BCUT2D eigenvalue weighted by Gasteiger charge is -2.18. The fraction of sp³-hybridized carbons (Fsp3) is 0.500. The van der Waals surface area contributed by atoms with Crippen molar-refractivity contribution in [2.75, 3.05) is 23.9 Å². The minimum absolute atomic E-state index is 0.108. The molecule has 1 atom stereocenters. The predicted molar refractivity (Wildman–Crippen MR) is 89.5 cm³/mol. The molecule has 2 amide bonds. The summed E-state index contributed by atoms with van der Waals surface area (Å²) >= 11 is 1.66. The second kappa shape index (κ2) is 8.08. The summed E-state index contributed by atoms with van der Waals surface area (Å²) in [5.74, 6) is 1.43. The largest absolute Gasteiger partial charge is 0.493 e. The van der Waals surface area contributed by atoms with Crippen molar-refractivity contribution in [3.05, 3.63) is 23.8 Å². The molecule has 1 aliphatic heterocycles. The number of fused-ring (bicyclic) bond motifs is 1.